The van der Waals surface area contributed by atoms with Crippen molar-refractivity contribution in [3.63, 3.8) is 0 Å². The third kappa shape index (κ3) is 2.33. The van der Waals surface area contributed by atoms with Gasteiger partial charge in [-0.3, -0.25) is 0 Å². The minimum atomic E-state index is -3.72. The summed E-state index contributed by atoms with van der Waals surface area (Å²) in [5, 5.41) is 8.95. The van der Waals surface area contributed by atoms with Crippen LogP contribution in [0.2, 0.25) is 4.34 Å². The summed E-state index contributed by atoms with van der Waals surface area (Å²) in [5.74, 6) is -1.26. The molecule has 1 aliphatic heterocycles. The first kappa shape index (κ1) is 12.8. The quantitative estimate of drug-likeness (QED) is 0.924. The third-order valence-corrected chi connectivity index (χ3v) is 5.85. The number of carboxylic acid groups (broad SMARTS) is 1. The molecule has 0 spiro atoms. The average Bonchev–Trinajstić information content (AvgIpc) is 2.84. The Balaban J connectivity index is 2.48. The van der Waals surface area contributed by atoms with Crippen LogP contribution in [0.15, 0.2) is 11.0 Å². The molecule has 0 aromatic carbocycles. The highest BCUT2D eigenvalue weighted by atomic mass is 35.5. The Morgan fingerprint density at radius 3 is 2.53 bits per heavy atom. The molecule has 1 N–H and O–H groups in total. The molecule has 1 fully saturated rings. The molecule has 2 rings (SSSR count). The first-order chi connectivity index (χ1) is 7.93. The average molecular weight is 296 g/mol. The highest BCUT2D eigenvalue weighted by Gasteiger charge is 2.32. The van der Waals surface area contributed by atoms with E-state index in [0.29, 0.717) is 13.1 Å². The number of nitrogens with zero attached hydrogens (tertiary/aromatic N) is 1. The standard InChI is InChI=1S/C9H10ClNO4S2/c10-7-5-6(8(16-7)9(12)13)17(14,15)11-3-1-2-4-11/h5H,1-4H2,(H,12,13). The minimum Gasteiger partial charge on any atom is -0.477 e. The van der Waals surface area contributed by atoms with Crippen molar-refractivity contribution in [1.82, 2.24) is 4.31 Å². The molecule has 0 unspecified atom stereocenters. The molecule has 1 aliphatic rings. The lowest BCUT2D eigenvalue weighted by atomic mass is 10.4. The zero-order valence-electron chi connectivity index (χ0n) is 8.72. The van der Waals surface area contributed by atoms with Crippen LogP contribution < -0.4 is 0 Å². The first-order valence-electron chi connectivity index (χ1n) is 4.95. The lowest BCUT2D eigenvalue weighted by Crippen LogP contribution is -2.28. The number of hydrogen-bond donors (Lipinski definition) is 1. The van der Waals surface area contributed by atoms with Gasteiger partial charge in [-0.2, -0.15) is 4.31 Å². The molecule has 0 amide bonds. The maximum Gasteiger partial charge on any atom is 0.347 e. The van der Waals surface area contributed by atoms with Gasteiger partial charge in [-0.15, -0.1) is 11.3 Å². The fourth-order valence-corrected chi connectivity index (χ4v) is 4.90. The zero-order valence-corrected chi connectivity index (χ0v) is 11.1. The monoisotopic (exact) mass is 295 g/mol. The number of carboxylic acids is 1. The van der Waals surface area contributed by atoms with Gasteiger partial charge in [-0.05, 0) is 18.9 Å². The molecule has 5 nitrogen and oxygen atoms in total. The van der Waals surface area contributed by atoms with Gasteiger partial charge in [0.05, 0.1) is 4.34 Å². The molecule has 2 heterocycles. The van der Waals surface area contributed by atoms with Crippen molar-refractivity contribution in [2.24, 2.45) is 0 Å². The zero-order chi connectivity index (χ0) is 12.6. The van der Waals surface area contributed by atoms with Crippen molar-refractivity contribution < 1.29 is 18.3 Å². The molecule has 0 saturated carbocycles. The van der Waals surface area contributed by atoms with Crippen LogP contribution in [0.5, 0.6) is 0 Å². The third-order valence-electron chi connectivity index (χ3n) is 2.55. The molecule has 1 aromatic rings. The molecule has 17 heavy (non-hydrogen) atoms. The van der Waals surface area contributed by atoms with Crippen molar-refractivity contribution in [3.05, 3.63) is 15.3 Å². The van der Waals surface area contributed by atoms with Crippen molar-refractivity contribution in [3.8, 4) is 0 Å². The summed E-state index contributed by atoms with van der Waals surface area (Å²) < 4.78 is 25.8. The summed E-state index contributed by atoms with van der Waals surface area (Å²) in [4.78, 5) is 10.6. The lowest BCUT2D eigenvalue weighted by Gasteiger charge is -2.14. The number of aromatic carboxylic acids is 1. The van der Waals surface area contributed by atoms with Crippen molar-refractivity contribution in [2.75, 3.05) is 13.1 Å². The summed E-state index contributed by atoms with van der Waals surface area (Å²) in [5.41, 5.74) is 0. The number of rotatable bonds is 3. The van der Waals surface area contributed by atoms with Crippen LogP contribution in [0.25, 0.3) is 0 Å². The van der Waals surface area contributed by atoms with Crippen LogP contribution >= 0.6 is 22.9 Å². The number of halogens is 1. The van der Waals surface area contributed by atoms with E-state index >= 15 is 0 Å². The smallest absolute Gasteiger partial charge is 0.347 e. The van der Waals surface area contributed by atoms with E-state index in [1.54, 1.807) is 0 Å². The Bertz CT molecular complexity index is 545. The molecule has 1 aromatic heterocycles. The van der Waals surface area contributed by atoms with Crippen LogP contribution in [-0.2, 0) is 10.0 Å². The minimum absolute atomic E-state index is 0.167. The van der Waals surface area contributed by atoms with E-state index in [0.717, 1.165) is 24.2 Å². The SMILES string of the molecule is O=C(O)c1sc(Cl)cc1S(=O)(=O)N1CCCC1. The van der Waals surface area contributed by atoms with Gasteiger partial charge in [-0.1, -0.05) is 11.6 Å². The van der Waals surface area contributed by atoms with Crippen LogP contribution in [0.1, 0.15) is 22.5 Å². The summed E-state index contributed by atoms with van der Waals surface area (Å²) >= 11 is 6.46. The molecular weight excluding hydrogens is 286 g/mol. The van der Waals surface area contributed by atoms with Crippen LogP contribution in [0.3, 0.4) is 0 Å². The van der Waals surface area contributed by atoms with Gasteiger partial charge in [0.1, 0.15) is 9.77 Å². The maximum absolute atomic E-state index is 12.2. The fourth-order valence-electron chi connectivity index (χ4n) is 1.75. The number of thiophene rings is 1. The number of carbonyl (C=O) groups is 1. The summed E-state index contributed by atoms with van der Waals surface area (Å²) in [6.45, 7) is 0.879. The first-order valence-corrected chi connectivity index (χ1v) is 7.59. The van der Waals surface area contributed by atoms with Gasteiger partial charge in [0.2, 0.25) is 10.0 Å². The van der Waals surface area contributed by atoms with Gasteiger partial charge < -0.3 is 5.11 Å². The Hall–Kier alpha value is -0.630. The Morgan fingerprint density at radius 2 is 2.00 bits per heavy atom. The van der Waals surface area contributed by atoms with Crippen molar-refractivity contribution in [2.45, 2.75) is 17.7 Å². The van der Waals surface area contributed by atoms with E-state index in [-0.39, 0.29) is 14.1 Å². The normalized spacial score (nSPS) is 17.5. The van der Waals surface area contributed by atoms with E-state index < -0.39 is 16.0 Å². The predicted molar refractivity (Wildman–Crippen MR) is 64.3 cm³/mol. The van der Waals surface area contributed by atoms with Gasteiger partial charge in [0.15, 0.2) is 0 Å². The lowest BCUT2D eigenvalue weighted by molar-refractivity contribution is 0.0698. The highest BCUT2D eigenvalue weighted by Crippen LogP contribution is 2.33. The summed E-state index contributed by atoms with van der Waals surface area (Å²) in [6.07, 6.45) is 1.61. The molecule has 1 saturated heterocycles. The van der Waals surface area contributed by atoms with Crippen molar-refractivity contribution >= 4 is 38.9 Å². The Kier molecular flexibility index (Phi) is 3.44. The molecule has 8 heteroatoms. The van der Waals surface area contributed by atoms with E-state index in [9.17, 15) is 13.2 Å². The molecule has 94 valence electrons. The number of hydrogen-bond acceptors (Lipinski definition) is 4. The fraction of sp³-hybridized carbons (Fsp3) is 0.444. The van der Waals surface area contributed by atoms with Crippen LogP contribution in [-0.4, -0.2) is 36.9 Å². The molecule has 0 aliphatic carbocycles. The largest absolute Gasteiger partial charge is 0.477 e. The van der Waals surface area contributed by atoms with Crippen LogP contribution in [0, 0.1) is 0 Å². The van der Waals surface area contributed by atoms with E-state index in [4.69, 9.17) is 16.7 Å². The number of sulfonamides is 1. The van der Waals surface area contributed by atoms with Gasteiger partial charge in [0.25, 0.3) is 0 Å². The molecule has 0 atom stereocenters. The van der Waals surface area contributed by atoms with Gasteiger partial charge >= 0.3 is 5.97 Å². The highest BCUT2D eigenvalue weighted by molar-refractivity contribution is 7.89. The topological polar surface area (TPSA) is 74.7 Å². The molecule has 0 radical (unpaired) electrons. The Labute approximate surface area is 108 Å². The second-order valence-electron chi connectivity index (χ2n) is 3.66. The molecular formula is C9H10ClNO4S2. The summed E-state index contributed by atoms with van der Waals surface area (Å²) in [7, 11) is -3.72. The molecule has 0 bridgehead atoms. The van der Waals surface area contributed by atoms with E-state index in [2.05, 4.69) is 0 Å². The van der Waals surface area contributed by atoms with Crippen LogP contribution in [0.4, 0.5) is 0 Å². The predicted octanol–water partition coefficient (Wildman–Crippen LogP) is 1.88. The van der Waals surface area contributed by atoms with Crippen molar-refractivity contribution in [1.29, 1.82) is 0 Å². The summed E-state index contributed by atoms with van der Waals surface area (Å²) in [6, 6.07) is 1.21. The van der Waals surface area contributed by atoms with E-state index in [1.807, 2.05) is 0 Å². The van der Waals surface area contributed by atoms with E-state index in [1.165, 1.54) is 10.4 Å². The van der Waals surface area contributed by atoms with Gasteiger partial charge in [-0.25, -0.2) is 13.2 Å². The maximum atomic E-state index is 12.2. The van der Waals surface area contributed by atoms with Gasteiger partial charge in [0, 0.05) is 13.1 Å². The Morgan fingerprint density at radius 1 is 1.41 bits per heavy atom. The second-order valence-corrected chi connectivity index (χ2v) is 7.25. The second kappa shape index (κ2) is 4.56.